The lowest BCUT2D eigenvalue weighted by molar-refractivity contribution is -0.127. The fourth-order valence-electron chi connectivity index (χ4n) is 4.31. The summed E-state index contributed by atoms with van der Waals surface area (Å²) in [6.45, 7) is 7.01. The van der Waals surface area contributed by atoms with Crippen LogP contribution < -0.4 is 5.32 Å². The maximum Gasteiger partial charge on any atom is 0.254 e. The third kappa shape index (κ3) is 5.36. The molecule has 1 atom stereocenters. The molecule has 0 spiro atoms. The van der Waals surface area contributed by atoms with Crippen LogP contribution in [0, 0.1) is 11.6 Å². The van der Waals surface area contributed by atoms with Gasteiger partial charge in [0, 0.05) is 25.3 Å². The Balaban J connectivity index is 1.62. The molecule has 36 heavy (non-hydrogen) atoms. The number of rotatable bonds is 8. The lowest BCUT2D eigenvalue weighted by atomic mass is 9.92. The van der Waals surface area contributed by atoms with E-state index in [2.05, 4.69) is 5.32 Å². The number of thioether (sulfide) groups is 1. The highest BCUT2D eigenvalue weighted by atomic mass is 32.2. The molecule has 188 valence electrons. The van der Waals surface area contributed by atoms with Crippen molar-refractivity contribution in [3.8, 4) is 0 Å². The Morgan fingerprint density at radius 2 is 1.64 bits per heavy atom. The molecule has 9 heteroatoms. The van der Waals surface area contributed by atoms with Crippen molar-refractivity contribution in [3.05, 3.63) is 93.7 Å². The first kappa shape index (κ1) is 25.6. The van der Waals surface area contributed by atoms with Crippen LogP contribution in [0.5, 0.6) is 0 Å². The zero-order valence-electron chi connectivity index (χ0n) is 20.4. The molecule has 2 aliphatic rings. The van der Waals surface area contributed by atoms with E-state index in [9.17, 15) is 18.4 Å². The number of allylic oxidation sites excluding steroid dienone is 1. The lowest BCUT2D eigenvalue weighted by Gasteiger charge is -2.38. The van der Waals surface area contributed by atoms with Crippen molar-refractivity contribution in [1.29, 1.82) is 0 Å². The van der Waals surface area contributed by atoms with Crippen molar-refractivity contribution in [2.75, 3.05) is 13.1 Å². The first-order chi connectivity index (χ1) is 17.3. The number of hydrogen-bond donors (Lipinski definition) is 1. The van der Waals surface area contributed by atoms with Gasteiger partial charge in [0.05, 0.1) is 23.7 Å². The number of nitrogens with zero attached hydrogens (tertiary/aromatic N) is 3. The van der Waals surface area contributed by atoms with Crippen LogP contribution in [0.4, 0.5) is 8.78 Å². The Morgan fingerprint density at radius 3 is 2.25 bits per heavy atom. The standard InChI is InChI=1S/C27H28F2N4O2S/c1-4-32(5-2)26(35)24-17(3)31-27-33(25(24)19-8-12-21(29)13-9-19)22(16-36-27)14-23(34)30-15-18-6-10-20(28)11-7-18/h6-13,16,25H,4-5,14-15H2,1-3H3,(H,30,34)/t25-/m1/s1. The predicted octanol–water partition coefficient (Wildman–Crippen LogP) is 5.11. The molecule has 1 N–H and O–H groups in total. The number of fused-ring (bicyclic) bond motifs is 1. The number of hydrogen-bond acceptors (Lipinski definition) is 5. The topological polar surface area (TPSA) is 65.0 Å². The van der Waals surface area contributed by atoms with Gasteiger partial charge in [-0.1, -0.05) is 36.0 Å². The normalized spacial score (nSPS) is 16.9. The Morgan fingerprint density at radius 1 is 1.03 bits per heavy atom. The van der Waals surface area contributed by atoms with Crippen molar-refractivity contribution in [2.45, 2.75) is 39.8 Å². The third-order valence-electron chi connectivity index (χ3n) is 6.21. The number of aliphatic imine (C=N–C) groups is 1. The van der Waals surface area contributed by atoms with Crippen molar-refractivity contribution >= 4 is 28.7 Å². The van der Waals surface area contributed by atoms with Gasteiger partial charge in [0.2, 0.25) is 5.91 Å². The van der Waals surface area contributed by atoms with E-state index in [0.717, 1.165) is 11.1 Å². The van der Waals surface area contributed by atoms with Crippen molar-refractivity contribution in [2.24, 2.45) is 4.99 Å². The maximum atomic E-state index is 13.8. The van der Waals surface area contributed by atoms with E-state index in [1.807, 2.05) is 31.1 Å². The minimum absolute atomic E-state index is 0.0662. The maximum absolute atomic E-state index is 13.8. The summed E-state index contributed by atoms with van der Waals surface area (Å²) in [4.78, 5) is 34.8. The molecule has 2 aliphatic heterocycles. The molecular weight excluding hydrogens is 482 g/mol. The Kier molecular flexibility index (Phi) is 7.88. The van der Waals surface area contributed by atoms with Gasteiger partial charge < -0.3 is 15.1 Å². The van der Waals surface area contributed by atoms with Gasteiger partial charge in [-0.25, -0.2) is 13.8 Å². The Bertz CT molecular complexity index is 1240. The van der Waals surface area contributed by atoms with Gasteiger partial charge in [-0.15, -0.1) is 0 Å². The van der Waals surface area contributed by atoms with E-state index in [0.29, 0.717) is 35.2 Å². The second kappa shape index (κ2) is 11.1. The monoisotopic (exact) mass is 510 g/mol. The van der Waals surface area contributed by atoms with Crippen LogP contribution >= 0.6 is 11.8 Å². The van der Waals surface area contributed by atoms with Gasteiger partial charge in [0.25, 0.3) is 5.91 Å². The molecule has 0 saturated heterocycles. The number of amidine groups is 1. The molecule has 0 bridgehead atoms. The number of benzene rings is 2. The van der Waals surface area contributed by atoms with Crippen molar-refractivity contribution in [1.82, 2.24) is 15.1 Å². The molecule has 0 fully saturated rings. The van der Waals surface area contributed by atoms with Gasteiger partial charge in [0.1, 0.15) is 11.6 Å². The predicted molar refractivity (Wildman–Crippen MR) is 138 cm³/mol. The molecule has 2 amide bonds. The van der Waals surface area contributed by atoms with Crippen LogP contribution in [0.2, 0.25) is 0 Å². The summed E-state index contributed by atoms with van der Waals surface area (Å²) in [6, 6.07) is 11.5. The van der Waals surface area contributed by atoms with Crippen molar-refractivity contribution < 1.29 is 18.4 Å². The number of carbonyl (C=O) groups is 2. The minimum Gasteiger partial charge on any atom is -0.352 e. The summed E-state index contributed by atoms with van der Waals surface area (Å²) in [5.74, 6) is -1.05. The molecule has 2 aromatic carbocycles. The first-order valence-electron chi connectivity index (χ1n) is 11.8. The summed E-state index contributed by atoms with van der Waals surface area (Å²) in [5.41, 5.74) is 3.33. The van der Waals surface area contributed by atoms with E-state index in [-0.39, 0.29) is 36.4 Å². The largest absolute Gasteiger partial charge is 0.352 e. The minimum atomic E-state index is -0.544. The number of amides is 2. The zero-order chi connectivity index (χ0) is 25.8. The van der Waals surface area contributed by atoms with E-state index < -0.39 is 6.04 Å². The molecule has 2 heterocycles. The average molecular weight is 511 g/mol. The van der Waals surface area contributed by atoms with Crippen LogP contribution in [0.15, 0.2) is 75.9 Å². The molecule has 4 rings (SSSR count). The molecule has 6 nitrogen and oxygen atoms in total. The van der Waals surface area contributed by atoms with Gasteiger partial charge in [-0.05, 0) is 61.6 Å². The van der Waals surface area contributed by atoms with E-state index >= 15 is 0 Å². The van der Waals surface area contributed by atoms with E-state index in [1.165, 1.54) is 36.0 Å². The lowest BCUT2D eigenvalue weighted by Crippen LogP contribution is -2.42. The summed E-state index contributed by atoms with van der Waals surface area (Å²) < 4.78 is 26.9. The molecule has 0 aliphatic carbocycles. The highest BCUT2D eigenvalue weighted by Gasteiger charge is 2.41. The van der Waals surface area contributed by atoms with E-state index in [1.54, 1.807) is 29.2 Å². The molecule has 0 unspecified atom stereocenters. The summed E-state index contributed by atoms with van der Waals surface area (Å²) in [5, 5.41) is 5.40. The second-order valence-corrected chi connectivity index (χ2v) is 9.34. The van der Waals surface area contributed by atoms with Crippen LogP contribution in [-0.2, 0) is 16.1 Å². The van der Waals surface area contributed by atoms with Crippen LogP contribution in [0.1, 0.15) is 44.4 Å². The third-order valence-corrected chi connectivity index (χ3v) is 7.10. The summed E-state index contributed by atoms with van der Waals surface area (Å²) >= 11 is 1.39. The second-order valence-electron chi connectivity index (χ2n) is 8.50. The first-order valence-corrected chi connectivity index (χ1v) is 12.7. The highest BCUT2D eigenvalue weighted by Crippen LogP contribution is 2.45. The van der Waals surface area contributed by atoms with E-state index in [4.69, 9.17) is 4.99 Å². The van der Waals surface area contributed by atoms with Gasteiger partial charge >= 0.3 is 0 Å². The Labute approximate surface area is 213 Å². The number of carbonyl (C=O) groups excluding carboxylic acids is 2. The van der Waals surface area contributed by atoms with Crippen LogP contribution in [0.3, 0.4) is 0 Å². The molecule has 0 aromatic heterocycles. The average Bonchev–Trinajstić information content (AvgIpc) is 3.25. The molecule has 0 radical (unpaired) electrons. The van der Waals surface area contributed by atoms with Gasteiger partial charge in [-0.2, -0.15) is 0 Å². The molecule has 0 saturated carbocycles. The Hall–Kier alpha value is -3.46. The van der Waals surface area contributed by atoms with Crippen LogP contribution in [-0.4, -0.2) is 39.9 Å². The summed E-state index contributed by atoms with van der Waals surface area (Å²) in [6.07, 6.45) is 0.0662. The number of nitrogens with one attached hydrogen (secondary N) is 1. The fraction of sp³-hybridized carbons (Fsp3) is 0.296. The van der Waals surface area contributed by atoms with Gasteiger partial charge in [0.15, 0.2) is 5.17 Å². The fourth-order valence-corrected chi connectivity index (χ4v) is 5.28. The molecular formula is C27H28F2N4O2S. The van der Waals surface area contributed by atoms with Crippen LogP contribution in [0.25, 0.3) is 0 Å². The highest BCUT2D eigenvalue weighted by molar-refractivity contribution is 8.16. The number of likely N-dealkylation sites (N-methyl/N-ethyl adjacent to an activating group) is 1. The smallest absolute Gasteiger partial charge is 0.254 e. The SMILES string of the molecule is CCN(CC)C(=O)C1=C(C)N=C2SC=C(CC(=O)NCc3ccc(F)cc3)N2[C@@H]1c1ccc(F)cc1. The summed E-state index contributed by atoms with van der Waals surface area (Å²) in [7, 11) is 0. The number of halogens is 2. The quantitative estimate of drug-likeness (QED) is 0.536. The van der Waals surface area contributed by atoms with Gasteiger partial charge in [-0.3, -0.25) is 9.59 Å². The van der Waals surface area contributed by atoms with Crippen molar-refractivity contribution in [3.63, 3.8) is 0 Å². The zero-order valence-corrected chi connectivity index (χ0v) is 21.2. The molecule has 2 aromatic rings.